The molecule has 2 N–H and O–H groups in total. The highest BCUT2D eigenvalue weighted by Gasteiger charge is 2.22. The number of carbonyl (C=O) groups is 1. The number of carbonyl (C=O) groups excluding carboxylic acids is 1. The van der Waals surface area contributed by atoms with E-state index in [1.165, 1.54) is 5.56 Å². The molecular weight excluding hydrogens is 264 g/mol. The minimum absolute atomic E-state index is 0.0524. The van der Waals surface area contributed by atoms with Crippen molar-refractivity contribution < 1.29 is 9.53 Å². The Morgan fingerprint density at radius 3 is 2.62 bits per heavy atom. The van der Waals surface area contributed by atoms with E-state index >= 15 is 0 Å². The van der Waals surface area contributed by atoms with Gasteiger partial charge in [0.15, 0.2) is 0 Å². The van der Waals surface area contributed by atoms with Gasteiger partial charge in [0.25, 0.3) is 5.91 Å². The van der Waals surface area contributed by atoms with Crippen LogP contribution in [0.15, 0.2) is 18.2 Å². The van der Waals surface area contributed by atoms with E-state index < -0.39 is 0 Å². The first-order chi connectivity index (χ1) is 10.3. The van der Waals surface area contributed by atoms with Gasteiger partial charge in [-0.15, -0.1) is 0 Å². The van der Waals surface area contributed by atoms with E-state index in [1.807, 2.05) is 18.2 Å². The second kappa shape index (κ2) is 6.58. The predicted molar refractivity (Wildman–Crippen MR) is 82.1 cm³/mol. The summed E-state index contributed by atoms with van der Waals surface area (Å²) in [5.74, 6) is 0.0524. The van der Waals surface area contributed by atoms with Crippen LogP contribution in [0.2, 0.25) is 0 Å². The molecule has 0 unspecified atom stereocenters. The molecule has 0 aromatic heterocycles. The normalized spacial score (nSPS) is 24.6. The van der Waals surface area contributed by atoms with E-state index in [0.717, 1.165) is 43.4 Å². The second-order valence-corrected chi connectivity index (χ2v) is 6.06. The van der Waals surface area contributed by atoms with Crippen LogP contribution in [0.1, 0.15) is 54.1 Å². The van der Waals surface area contributed by atoms with E-state index in [9.17, 15) is 4.79 Å². The van der Waals surface area contributed by atoms with Crippen LogP contribution in [0, 0.1) is 0 Å². The third-order valence-electron chi connectivity index (χ3n) is 4.54. The van der Waals surface area contributed by atoms with Gasteiger partial charge in [0.05, 0.1) is 13.2 Å². The first-order valence-corrected chi connectivity index (χ1v) is 8.00. The highest BCUT2D eigenvalue weighted by atomic mass is 16.5. The van der Waals surface area contributed by atoms with Crippen molar-refractivity contribution in [3.8, 4) is 0 Å². The Morgan fingerprint density at radius 1 is 1.14 bits per heavy atom. The summed E-state index contributed by atoms with van der Waals surface area (Å²) in [5.41, 5.74) is 3.12. The molecule has 1 fully saturated rings. The summed E-state index contributed by atoms with van der Waals surface area (Å²) in [4.78, 5) is 12.4. The second-order valence-electron chi connectivity index (χ2n) is 6.06. The number of fused-ring (bicyclic) bond motifs is 1. The summed E-state index contributed by atoms with van der Waals surface area (Å²) in [6, 6.07) is 6.84. The number of hydrogen-bond donors (Lipinski definition) is 2. The standard InChI is InChI=1S/C17H24N2O2/c1-2-18-15-5-7-16(8-6-15)19-17(20)12-3-4-13-10-21-11-14(13)9-12/h3-4,9,15-16,18H,2,5-8,10-11H2,1H3,(H,19,20). The molecule has 0 bridgehead atoms. The van der Waals surface area contributed by atoms with E-state index in [0.29, 0.717) is 25.3 Å². The van der Waals surface area contributed by atoms with Crippen LogP contribution in [0.4, 0.5) is 0 Å². The van der Waals surface area contributed by atoms with Gasteiger partial charge in [0.2, 0.25) is 0 Å². The van der Waals surface area contributed by atoms with Gasteiger partial charge in [-0.3, -0.25) is 4.79 Å². The zero-order valence-electron chi connectivity index (χ0n) is 12.7. The third-order valence-corrected chi connectivity index (χ3v) is 4.54. The molecule has 1 aliphatic heterocycles. The summed E-state index contributed by atoms with van der Waals surface area (Å²) >= 11 is 0. The SMILES string of the molecule is CCNC1CCC(NC(=O)c2ccc3c(c2)COC3)CC1. The Morgan fingerprint density at radius 2 is 1.86 bits per heavy atom. The Bertz CT molecular complexity index is 508. The van der Waals surface area contributed by atoms with Gasteiger partial charge in [-0.05, 0) is 55.5 Å². The highest BCUT2D eigenvalue weighted by molar-refractivity contribution is 5.94. The Hall–Kier alpha value is -1.39. The van der Waals surface area contributed by atoms with Crippen molar-refractivity contribution >= 4 is 5.91 Å². The smallest absolute Gasteiger partial charge is 0.251 e. The Balaban J connectivity index is 1.55. The van der Waals surface area contributed by atoms with Crippen LogP contribution in [0.25, 0.3) is 0 Å². The van der Waals surface area contributed by atoms with Gasteiger partial charge >= 0.3 is 0 Å². The molecule has 0 radical (unpaired) electrons. The van der Waals surface area contributed by atoms with Crippen molar-refractivity contribution in [2.75, 3.05) is 6.54 Å². The highest BCUT2D eigenvalue weighted by Crippen LogP contribution is 2.22. The van der Waals surface area contributed by atoms with Crippen LogP contribution >= 0.6 is 0 Å². The van der Waals surface area contributed by atoms with Crippen LogP contribution in [0.5, 0.6) is 0 Å². The number of amides is 1. The molecule has 4 heteroatoms. The summed E-state index contributed by atoms with van der Waals surface area (Å²) in [6.07, 6.45) is 4.43. The van der Waals surface area contributed by atoms with Crippen molar-refractivity contribution in [2.45, 2.75) is 57.9 Å². The first kappa shape index (κ1) is 14.5. The quantitative estimate of drug-likeness (QED) is 0.894. The molecule has 21 heavy (non-hydrogen) atoms. The van der Waals surface area contributed by atoms with E-state index in [-0.39, 0.29) is 5.91 Å². The lowest BCUT2D eigenvalue weighted by molar-refractivity contribution is 0.0924. The molecular formula is C17H24N2O2. The molecule has 114 valence electrons. The lowest BCUT2D eigenvalue weighted by Gasteiger charge is -2.29. The van der Waals surface area contributed by atoms with Gasteiger partial charge < -0.3 is 15.4 Å². The maximum absolute atomic E-state index is 12.4. The summed E-state index contributed by atoms with van der Waals surface area (Å²) in [7, 11) is 0. The van der Waals surface area contributed by atoms with Crippen LogP contribution < -0.4 is 10.6 Å². The topological polar surface area (TPSA) is 50.4 Å². The molecule has 4 nitrogen and oxygen atoms in total. The number of rotatable bonds is 4. The molecule has 2 aliphatic rings. The average Bonchev–Trinajstić information content (AvgIpc) is 2.97. The largest absolute Gasteiger partial charge is 0.372 e. The average molecular weight is 288 g/mol. The van der Waals surface area contributed by atoms with Gasteiger partial charge in [-0.25, -0.2) is 0 Å². The zero-order chi connectivity index (χ0) is 14.7. The fraction of sp³-hybridized carbons (Fsp3) is 0.588. The zero-order valence-corrected chi connectivity index (χ0v) is 12.7. The molecule has 0 saturated heterocycles. The molecule has 1 aliphatic carbocycles. The van der Waals surface area contributed by atoms with E-state index in [1.54, 1.807) is 0 Å². The molecule has 1 heterocycles. The summed E-state index contributed by atoms with van der Waals surface area (Å²) < 4.78 is 5.40. The molecule has 1 aromatic carbocycles. The first-order valence-electron chi connectivity index (χ1n) is 8.00. The number of benzene rings is 1. The monoisotopic (exact) mass is 288 g/mol. The van der Waals surface area contributed by atoms with Gasteiger partial charge in [0.1, 0.15) is 0 Å². The Labute approximate surface area is 126 Å². The van der Waals surface area contributed by atoms with E-state index in [4.69, 9.17) is 4.74 Å². The van der Waals surface area contributed by atoms with Gasteiger partial charge in [-0.1, -0.05) is 13.0 Å². The number of hydrogen-bond acceptors (Lipinski definition) is 3. The summed E-state index contributed by atoms with van der Waals surface area (Å²) in [6.45, 7) is 4.47. The molecule has 1 amide bonds. The van der Waals surface area contributed by atoms with Crippen LogP contribution in [-0.4, -0.2) is 24.5 Å². The maximum atomic E-state index is 12.4. The van der Waals surface area contributed by atoms with Crippen molar-refractivity contribution in [1.29, 1.82) is 0 Å². The fourth-order valence-corrected chi connectivity index (χ4v) is 3.31. The van der Waals surface area contributed by atoms with Gasteiger partial charge in [0, 0.05) is 17.6 Å². The van der Waals surface area contributed by atoms with Crippen molar-refractivity contribution in [2.24, 2.45) is 0 Å². The van der Waals surface area contributed by atoms with E-state index in [2.05, 4.69) is 17.6 Å². The third kappa shape index (κ3) is 3.44. The molecule has 1 saturated carbocycles. The minimum atomic E-state index is 0.0524. The fourth-order valence-electron chi connectivity index (χ4n) is 3.31. The number of nitrogens with one attached hydrogen (secondary N) is 2. The lowest BCUT2D eigenvalue weighted by atomic mass is 9.91. The molecule has 1 aromatic rings. The molecule has 3 rings (SSSR count). The van der Waals surface area contributed by atoms with Crippen molar-refractivity contribution in [3.05, 3.63) is 34.9 Å². The Kier molecular flexibility index (Phi) is 4.56. The maximum Gasteiger partial charge on any atom is 0.251 e. The van der Waals surface area contributed by atoms with Gasteiger partial charge in [-0.2, -0.15) is 0 Å². The molecule has 0 atom stereocenters. The minimum Gasteiger partial charge on any atom is -0.372 e. The molecule has 0 spiro atoms. The van der Waals surface area contributed by atoms with Crippen molar-refractivity contribution in [1.82, 2.24) is 10.6 Å². The van der Waals surface area contributed by atoms with Crippen LogP contribution in [0.3, 0.4) is 0 Å². The van der Waals surface area contributed by atoms with Crippen molar-refractivity contribution in [3.63, 3.8) is 0 Å². The summed E-state index contributed by atoms with van der Waals surface area (Å²) in [5, 5.41) is 6.67. The number of ether oxygens (including phenoxy) is 1. The predicted octanol–water partition coefficient (Wildman–Crippen LogP) is 2.37. The van der Waals surface area contributed by atoms with Crippen LogP contribution in [-0.2, 0) is 18.0 Å². The lowest BCUT2D eigenvalue weighted by Crippen LogP contribution is -2.42.